The zero-order valence-corrected chi connectivity index (χ0v) is 12.0. The Morgan fingerprint density at radius 3 is 2.29 bits per heavy atom. The fraction of sp³-hybridized carbons (Fsp3) is 1.00. The number of nitrogens with one attached hydrogen (secondary N) is 1. The maximum absolute atomic E-state index is 12.0. The fourth-order valence-corrected chi connectivity index (χ4v) is 2.93. The van der Waals surface area contributed by atoms with E-state index in [1.165, 1.54) is 21.5 Å². The van der Waals surface area contributed by atoms with Gasteiger partial charge in [0.2, 0.25) is 0 Å². The van der Waals surface area contributed by atoms with E-state index in [4.69, 9.17) is 0 Å². The van der Waals surface area contributed by atoms with Crippen LogP contribution in [0.25, 0.3) is 0 Å². The van der Waals surface area contributed by atoms with Crippen LogP contribution >= 0.6 is 0 Å². The van der Waals surface area contributed by atoms with Crippen molar-refractivity contribution in [2.24, 2.45) is 0 Å². The second kappa shape index (κ2) is 6.68. The van der Waals surface area contributed by atoms with Crippen molar-refractivity contribution in [2.45, 2.75) is 38.6 Å². The van der Waals surface area contributed by atoms with Gasteiger partial charge in [0, 0.05) is 33.2 Å². The number of hydrogen-bond acceptors (Lipinski definition) is 3. The van der Waals surface area contributed by atoms with Gasteiger partial charge in [0.25, 0.3) is 10.2 Å². The molecular weight excluding hydrogens is 238 g/mol. The van der Waals surface area contributed by atoms with E-state index in [9.17, 15) is 8.42 Å². The van der Waals surface area contributed by atoms with Crippen molar-refractivity contribution in [1.82, 2.24) is 13.9 Å². The molecule has 0 amide bonds. The lowest BCUT2D eigenvalue weighted by Crippen LogP contribution is -2.41. The van der Waals surface area contributed by atoms with E-state index in [-0.39, 0.29) is 0 Å². The highest BCUT2D eigenvalue weighted by molar-refractivity contribution is 7.86. The van der Waals surface area contributed by atoms with Gasteiger partial charge in [0.15, 0.2) is 0 Å². The topological polar surface area (TPSA) is 52.7 Å². The van der Waals surface area contributed by atoms with Crippen molar-refractivity contribution >= 4 is 10.2 Å². The van der Waals surface area contributed by atoms with Crippen LogP contribution in [0.1, 0.15) is 32.6 Å². The van der Waals surface area contributed by atoms with E-state index in [1.807, 2.05) is 6.92 Å². The zero-order valence-electron chi connectivity index (χ0n) is 11.1. The molecule has 0 bridgehead atoms. The highest BCUT2D eigenvalue weighted by atomic mass is 32.2. The van der Waals surface area contributed by atoms with E-state index in [0.29, 0.717) is 19.1 Å². The Morgan fingerprint density at radius 1 is 1.18 bits per heavy atom. The van der Waals surface area contributed by atoms with Crippen molar-refractivity contribution in [2.75, 3.05) is 33.7 Å². The molecule has 102 valence electrons. The van der Waals surface area contributed by atoms with E-state index < -0.39 is 10.2 Å². The molecule has 6 heteroatoms. The van der Waals surface area contributed by atoms with Gasteiger partial charge < -0.3 is 5.32 Å². The van der Waals surface area contributed by atoms with E-state index in [1.54, 1.807) is 14.1 Å². The number of hydrogen-bond donors (Lipinski definition) is 1. The van der Waals surface area contributed by atoms with Gasteiger partial charge in [-0.15, -0.1) is 0 Å². The van der Waals surface area contributed by atoms with E-state index in [0.717, 1.165) is 19.4 Å². The Hall–Kier alpha value is -0.170. The molecule has 1 aliphatic carbocycles. The summed E-state index contributed by atoms with van der Waals surface area (Å²) in [5.74, 6) is 0. The standard InChI is InChI=1S/C11H25N3O2S/c1-4-9-13(2)17(15,16)14(3)10-5-8-12-11-6-7-11/h11-12H,4-10H2,1-3H3. The van der Waals surface area contributed by atoms with Crippen LogP contribution in [0.2, 0.25) is 0 Å². The Labute approximate surface area is 105 Å². The van der Waals surface area contributed by atoms with Gasteiger partial charge >= 0.3 is 0 Å². The van der Waals surface area contributed by atoms with Crippen LogP contribution < -0.4 is 5.32 Å². The van der Waals surface area contributed by atoms with Gasteiger partial charge in [-0.3, -0.25) is 0 Å². The lowest BCUT2D eigenvalue weighted by molar-refractivity contribution is 0.386. The van der Waals surface area contributed by atoms with Crippen LogP contribution in [-0.4, -0.2) is 56.8 Å². The summed E-state index contributed by atoms with van der Waals surface area (Å²) in [7, 11) is 0.0408. The minimum absolute atomic E-state index is 0.576. The quantitative estimate of drug-likeness (QED) is 0.621. The first-order valence-electron chi connectivity index (χ1n) is 6.39. The van der Waals surface area contributed by atoms with Gasteiger partial charge in [-0.1, -0.05) is 6.92 Å². The van der Waals surface area contributed by atoms with Gasteiger partial charge in [-0.25, -0.2) is 0 Å². The predicted octanol–water partition coefficient (Wildman–Crippen LogP) is 0.647. The monoisotopic (exact) mass is 263 g/mol. The highest BCUT2D eigenvalue weighted by Crippen LogP contribution is 2.18. The Kier molecular flexibility index (Phi) is 5.85. The summed E-state index contributed by atoms with van der Waals surface area (Å²) in [6.45, 7) is 4.04. The molecule has 0 saturated heterocycles. The Morgan fingerprint density at radius 2 is 1.76 bits per heavy atom. The molecule has 1 saturated carbocycles. The minimum atomic E-state index is -3.25. The molecule has 5 nitrogen and oxygen atoms in total. The number of nitrogens with zero attached hydrogens (tertiary/aromatic N) is 2. The summed E-state index contributed by atoms with van der Waals surface area (Å²) >= 11 is 0. The first kappa shape index (κ1) is 14.9. The average Bonchev–Trinajstić information content (AvgIpc) is 3.08. The SMILES string of the molecule is CCCN(C)S(=O)(=O)N(C)CCCNC1CC1. The fourth-order valence-electron chi connectivity index (χ4n) is 1.68. The molecule has 1 aliphatic rings. The highest BCUT2D eigenvalue weighted by Gasteiger charge is 2.23. The molecule has 0 aromatic rings. The molecule has 1 rings (SSSR count). The maximum atomic E-state index is 12.0. The summed E-state index contributed by atoms with van der Waals surface area (Å²) in [6, 6.07) is 0.694. The zero-order chi connectivity index (χ0) is 12.9. The first-order valence-corrected chi connectivity index (χ1v) is 7.79. The molecule has 0 spiro atoms. The summed E-state index contributed by atoms with van der Waals surface area (Å²) < 4.78 is 26.8. The second-order valence-corrected chi connectivity index (χ2v) is 6.88. The van der Waals surface area contributed by atoms with E-state index in [2.05, 4.69) is 5.32 Å². The van der Waals surface area contributed by atoms with Gasteiger partial charge in [-0.2, -0.15) is 17.0 Å². The second-order valence-electron chi connectivity index (χ2n) is 4.73. The van der Waals surface area contributed by atoms with Crippen molar-refractivity contribution in [3.8, 4) is 0 Å². The molecular formula is C11H25N3O2S. The van der Waals surface area contributed by atoms with Gasteiger partial charge in [-0.05, 0) is 32.2 Å². The van der Waals surface area contributed by atoms with Crippen LogP contribution in [0.5, 0.6) is 0 Å². The van der Waals surface area contributed by atoms with Gasteiger partial charge in [0.1, 0.15) is 0 Å². The predicted molar refractivity (Wildman–Crippen MR) is 70.1 cm³/mol. The summed E-state index contributed by atoms with van der Waals surface area (Å²) in [6.07, 6.45) is 4.25. The van der Waals surface area contributed by atoms with Crippen molar-refractivity contribution < 1.29 is 8.42 Å². The minimum Gasteiger partial charge on any atom is -0.314 e. The van der Waals surface area contributed by atoms with Crippen LogP contribution in [0.3, 0.4) is 0 Å². The summed E-state index contributed by atoms with van der Waals surface area (Å²) in [4.78, 5) is 0. The third kappa shape index (κ3) is 4.91. The molecule has 0 radical (unpaired) electrons. The van der Waals surface area contributed by atoms with E-state index >= 15 is 0 Å². The molecule has 0 aliphatic heterocycles. The molecule has 1 N–H and O–H groups in total. The summed E-state index contributed by atoms with van der Waals surface area (Å²) in [5, 5.41) is 3.38. The third-order valence-corrected chi connectivity index (χ3v) is 4.93. The van der Waals surface area contributed by atoms with Crippen molar-refractivity contribution in [3.63, 3.8) is 0 Å². The molecule has 0 unspecified atom stereocenters. The average molecular weight is 263 g/mol. The van der Waals surface area contributed by atoms with Crippen molar-refractivity contribution in [1.29, 1.82) is 0 Å². The molecule has 0 aromatic carbocycles. The normalized spacial score (nSPS) is 17.0. The number of rotatable bonds is 9. The lowest BCUT2D eigenvalue weighted by Gasteiger charge is -2.24. The smallest absolute Gasteiger partial charge is 0.281 e. The molecule has 0 atom stereocenters. The Bertz CT molecular complexity index is 315. The van der Waals surface area contributed by atoms with Crippen molar-refractivity contribution in [3.05, 3.63) is 0 Å². The van der Waals surface area contributed by atoms with Gasteiger partial charge in [0.05, 0.1) is 0 Å². The molecule has 0 heterocycles. The largest absolute Gasteiger partial charge is 0.314 e. The lowest BCUT2D eigenvalue weighted by atomic mass is 10.4. The van der Waals surface area contributed by atoms with Crippen LogP contribution in [0.4, 0.5) is 0 Å². The third-order valence-electron chi connectivity index (χ3n) is 2.99. The maximum Gasteiger partial charge on any atom is 0.281 e. The summed E-state index contributed by atoms with van der Waals surface area (Å²) in [5.41, 5.74) is 0. The van der Waals surface area contributed by atoms with Crippen LogP contribution in [0, 0.1) is 0 Å². The first-order chi connectivity index (χ1) is 7.98. The molecule has 0 aromatic heterocycles. The van der Waals surface area contributed by atoms with Crippen LogP contribution in [-0.2, 0) is 10.2 Å². The Balaban J connectivity index is 2.25. The van der Waals surface area contributed by atoms with Crippen LogP contribution in [0.15, 0.2) is 0 Å². The molecule has 1 fully saturated rings. The molecule has 17 heavy (non-hydrogen) atoms.